The van der Waals surface area contributed by atoms with E-state index >= 15 is 0 Å². The number of hydrogen-bond acceptors (Lipinski definition) is 1. The molecule has 0 saturated heterocycles. The van der Waals surface area contributed by atoms with Gasteiger partial charge in [-0.2, -0.15) is 36.4 Å². The van der Waals surface area contributed by atoms with Gasteiger partial charge in [-0.25, -0.2) is 0 Å². The number of phenolic OH excluding ortho intramolecular Hbond substituents is 1. The summed E-state index contributed by atoms with van der Waals surface area (Å²) < 4.78 is 0. The molecule has 31 heavy (non-hydrogen) atoms. The third-order valence-corrected chi connectivity index (χ3v) is 1.64. The maximum absolute atomic E-state index is 8.76. The van der Waals surface area contributed by atoms with E-state index in [4.69, 9.17) is 5.11 Å². The van der Waals surface area contributed by atoms with E-state index in [1.165, 1.54) is 5.56 Å². The minimum absolute atomic E-state index is 0. The third-order valence-electron chi connectivity index (χ3n) is 1.64. The minimum Gasteiger partial charge on any atom is -0.508 e. The normalized spacial score (nSPS) is 8.55. The molecule has 0 unspecified atom stereocenters. The standard InChI is InChI=1S/C7H8O.C6H5.4C3H9P.Ru/c1-6-2-4-7(8)5-3-6;1-2-4-6-5-3-1;4*1-4(2)3;/h2-5,8H,1H3;1-5H;4*1-3H3;/q;-1;;;;;+1. The van der Waals surface area contributed by atoms with Gasteiger partial charge in [0.25, 0.3) is 0 Å². The average Bonchev–Trinajstić information content (AvgIpc) is 2.58. The Balaban J connectivity index is -0.0000000895. The molecule has 0 atom stereocenters. The predicted molar refractivity (Wildman–Crippen MR) is 157 cm³/mol. The van der Waals surface area contributed by atoms with Gasteiger partial charge in [0.05, 0.1) is 0 Å². The molecule has 0 aliphatic heterocycles. The van der Waals surface area contributed by atoms with Gasteiger partial charge in [0, 0.05) is 0 Å². The Morgan fingerprint density at radius 2 is 0.806 bits per heavy atom. The van der Waals surface area contributed by atoms with Crippen LogP contribution in [0.1, 0.15) is 5.56 Å². The second-order valence-corrected chi connectivity index (χ2v) is 19.0. The second kappa shape index (κ2) is 32.8. The third kappa shape index (κ3) is 90.9. The fourth-order valence-corrected chi connectivity index (χ4v) is 0.887. The molecule has 0 saturated carbocycles. The van der Waals surface area contributed by atoms with E-state index in [1.807, 2.05) is 49.4 Å². The summed E-state index contributed by atoms with van der Waals surface area (Å²) in [5, 5.41) is 8.76. The first-order valence-corrected chi connectivity index (χ1v) is 20.6. The molecule has 0 aromatic heterocycles. The summed E-state index contributed by atoms with van der Waals surface area (Å²) in [6.07, 6.45) is 0. The molecule has 183 valence electrons. The summed E-state index contributed by atoms with van der Waals surface area (Å²) in [6.45, 7) is 28.8. The predicted octanol–water partition coefficient (Wildman–Crippen LogP) is 8.62. The van der Waals surface area contributed by atoms with E-state index in [1.54, 1.807) is 12.1 Å². The van der Waals surface area contributed by atoms with Crippen molar-refractivity contribution >= 4 is 31.7 Å². The van der Waals surface area contributed by atoms with Crippen LogP contribution in [0.3, 0.4) is 0 Å². The summed E-state index contributed by atoms with van der Waals surface area (Å²) in [5.74, 6) is 0.329. The Morgan fingerprint density at radius 1 is 0.548 bits per heavy atom. The minimum atomic E-state index is 0. The molecule has 0 aliphatic carbocycles. The van der Waals surface area contributed by atoms with Crippen molar-refractivity contribution in [3.05, 3.63) is 66.2 Å². The van der Waals surface area contributed by atoms with Gasteiger partial charge in [-0.3, -0.25) is 0 Å². The summed E-state index contributed by atoms with van der Waals surface area (Å²) in [4.78, 5) is 0. The molecule has 1 radical (unpaired) electrons. The molecule has 2 aromatic rings. The number of hydrogen-bond donors (Lipinski definition) is 1. The number of aromatic hydroxyl groups is 1. The van der Waals surface area contributed by atoms with Gasteiger partial charge < -0.3 is 5.11 Å². The molecule has 0 spiro atoms. The molecule has 0 fully saturated rings. The molecule has 0 bridgehead atoms. The molecule has 0 aliphatic rings. The molecule has 1 N–H and O–H groups in total. The van der Waals surface area contributed by atoms with Crippen molar-refractivity contribution in [3.8, 4) is 5.75 Å². The Labute approximate surface area is 214 Å². The van der Waals surface area contributed by atoms with Gasteiger partial charge in [0.1, 0.15) is 5.75 Å². The van der Waals surface area contributed by atoms with Crippen LogP contribution in [0, 0.1) is 13.0 Å². The van der Waals surface area contributed by atoms with Crippen LogP contribution in [0.2, 0.25) is 0 Å². The van der Waals surface area contributed by atoms with Crippen LogP contribution in [0.15, 0.2) is 54.6 Å². The Hall–Kier alpha value is 0.583. The Bertz CT molecular complexity index is 436. The fraction of sp³-hybridized carbons (Fsp3) is 0.520. The maximum Gasteiger partial charge on any atom is 1.00 e. The van der Waals surface area contributed by atoms with Crippen LogP contribution >= 0.6 is 31.7 Å². The monoisotopic (exact) mass is 591 g/mol. The van der Waals surface area contributed by atoms with Crippen molar-refractivity contribution in [3.63, 3.8) is 0 Å². The van der Waals surface area contributed by atoms with Gasteiger partial charge in [0.15, 0.2) is 0 Å². The first-order valence-electron chi connectivity index (χ1n) is 9.82. The molecule has 6 heteroatoms. The summed E-state index contributed by atoms with van der Waals surface area (Å²) >= 11 is 0. The van der Waals surface area contributed by atoms with Gasteiger partial charge in [-0.1, -0.05) is 17.7 Å². The molecule has 1 nitrogen and oxygen atoms in total. The van der Waals surface area contributed by atoms with Gasteiger partial charge in [-0.05, 0) is 99.0 Å². The summed E-state index contributed by atoms with van der Waals surface area (Å²) in [6, 6.07) is 19.6. The number of aryl methyl sites for hydroxylation is 1. The topological polar surface area (TPSA) is 20.2 Å². The van der Waals surface area contributed by atoms with Crippen molar-refractivity contribution in [2.45, 2.75) is 6.92 Å². The number of benzene rings is 2. The average molecular weight is 591 g/mol. The number of phenols is 1. The van der Waals surface area contributed by atoms with E-state index < -0.39 is 0 Å². The SMILES string of the molecule is CP(C)C.CP(C)C.CP(C)C.CP(C)C.Cc1ccc(O)cc1.[Ru+].[c-]1ccccc1. The Kier molecular flexibility index (Phi) is 44.2. The van der Waals surface area contributed by atoms with Crippen LogP contribution in [-0.4, -0.2) is 85.1 Å². The second-order valence-electron chi connectivity index (χ2n) is 8.28. The van der Waals surface area contributed by atoms with Gasteiger partial charge >= 0.3 is 19.5 Å². The summed E-state index contributed by atoms with van der Waals surface area (Å²) in [5.41, 5.74) is 1.17. The van der Waals surface area contributed by atoms with Crippen molar-refractivity contribution in [2.75, 3.05) is 80.0 Å². The zero-order chi connectivity index (χ0) is 24.5. The first kappa shape index (κ1) is 41.8. The van der Waals surface area contributed by atoms with E-state index in [0.29, 0.717) is 37.4 Å². The molecule has 2 rings (SSSR count). The molecule has 0 amide bonds. The van der Waals surface area contributed by atoms with Crippen molar-refractivity contribution in [1.29, 1.82) is 0 Å². The molecular weight excluding hydrogens is 541 g/mol. The van der Waals surface area contributed by atoms with Crippen LogP contribution in [-0.2, 0) is 19.5 Å². The van der Waals surface area contributed by atoms with Crippen LogP contribution in [0.4, 0.5) is 0 Å². The quantitative estimate of drug-likeness (QED) is 0.185. The van der Waals surface area contributed by atoms with E-state index in [-0.39, 0.29) is 19.5 Å². The Morgan fingerprint density at radius 3 is 0.935 bits per heavy atom. The molecule has 2 aromatic carbocycles. The van der Waals surface area contributed by atoms with E-state index in [0.717, 1.165) is 0 Å². The maximum atomic E-state index is 8.76. The van der Waals surface area contributed by atoms with E-state index in [9.17, 15) is 0 Å². The van der Waals surface area contributed by atoms with Crippen molar-refractivity contribution in [2.24, 2.45) is 0 Å². The van der Waals surface area contributed by atoms with Crippen LogP contribution in [0.25, 0.3) is 0 Å². The molecular formula is C25H49OP4Ru. The zero-order valence-corrected chi connectivity index (χ0v) is 27.6. The van der Waals surface area contributed by atoms with E-state index in [2.05, 4.69) is 86.0 Å². The summed E-state index contributed by atoms with van der Waals surface area (Å²) in [7, 11) is 1.52. The molecule has 0 heterocycles. The van der Waals surface area contributed by atoms with Crippen molar-refractivity contribution < 1.29 is 24.6 Å². The first-order chi connectivity index (χ1) is 13.7. The zero-order valence-electron chi connectivity index (χ0n) is 22.3. The van der Waals surface area contributed by atoms with Crippen molar-refractivity contribution in [1.82, 2.24) is 0 Å². The van der Waals surface area contributed by atoms with Gasteiger partial charge in [-0.15, -0.1) is 31.7 Å². The smallest absolute Gasteiger partial charge is 0.508 e. The largest absolute Gasteiger partial charge is 1.00 e. The van der Waals surface area contributed by atoms with Crippen LogP contribution in [0.5, 0.6) is 5.75 Å². The van der Waals surface area contributed by atoms with Crippen LogP contribution < -0.4 is 0 Å². The number of rotatable bonds is 0. The van der Waals surface area contributed by atoms with Gasteiger partial charge in [0.2, 0.25) is 0 Å². The fourth-order valence-electron chi connectivity index (χ4n) is 0.887.